The predicted octanol–water partition coefficient (Wildman–Crippen LogP) is 11.8. The summed E-state index contributed by atoms with van der Waals surface area (Å²) in [7, 11) is 0. The molecule has 0 saturated heterocycles. The first-order valence-electron chi connectivity index (χ1n) is 18.7. The number of hydrogen-bond donors (Lipinski definition) is 1. The molecule has 0 rings (SSSR count). The molecule has 262 valence electrons. The summed E-state index contributed by atoms with van der Waals surface area (Å²) in [4.78, 5) is 34.2. The van der Waals surface area contributed by atoms with Crippen LogP contribution in [0.25, 0.3) is 0 Å². The average molecular weight is 627 g/mol. The molecule has 0 spiro atoms. The van der Waals surface area contributed by atoms with Crippen LogP contribution in [0.5, 0.6) is 0 Å². The molecule has 0 aliphatic heterocycles. The van der Waals surface area contributed by atoms with Crippen LogP contribution in [0.1, 0.15) is 209 Å². The third-order valence-electron chi connectivity index (χ3n) is 8.39. The highest BCUT2D eigenvalue weighted by molar-refractivity contribution is 5.74. The molecule has 0 heterocycles. The molecule has 0 aromatic rings. The van der Waals surface area contributed by atoms with Gasteiger partial charge in [0.2, 0.25) is 0 Å². The molecule has 0 saturated carbocycles. The van der Waals surface area contributed by atoms with Gasteiger partial charge in [0, 0.05) is 12.8 Å². The Hall–Kier alpha value is -1.59. The molecule has 0 aliphatic carbocycles. The van der Waals surface area contributed by atoms with Crippen molar-refractivity contribution in [3.05, 3.63) is 0 Å². The van der Waals surface area contributed by atoms with Crippen LogP contribution in [0, 0.1) is 5.41 Å². The fourth-order valence-electron chi connectivity index (χ4n) is 5.57. The number of esters is 2. The number of carbonyl (C=O) groups is 3. The van der Waals surface area contributed by atoms with Crippen molar-refractivity contribution < 1.29 is 29.0 Å². The van der Waals surface area contributed by atoms with E-state index >= 15 is 0 Å². The first-order chi connectivity index (χ1) is 21.0. The van der Waals surface area contributed by atoms with Crippen molar-refractivity contribution in [3.8, 4) is 0 Å². The maximum absolute atomic E-state index is 11.9. The van der Waals surface area contributed by atoms with Crippen LogP contribution in [-0.2, 0) is 23.9 Å². The highest BCUT2D eigenvalue weighted by atomic mass is 16.5. The van der Waals surface area contributed by atoms with Gasteiger partial charge >= 0.3 is 17.9 Å². The second kappa shape index (κ2) is 31.4. The zero-order chi connectivity index (χ0) is 33.5. The summed E-state index contributed by atoms with van der Waals surface area (Å²) in [6.45, 7) is 13.8. The summed E-state index contributed by atoms with van der Waals surface area (Å²) in [5.74, 6) is -0.958. The predicted molar refractivity (Wildman–Crippen MR) is 185 cm³/mol. The third kappa shape index (κ3) is 29.1. The van der Waals surface area contributed by atoms with Gasteiger partial charge in [-0.25, -0.2) is 0 Å². The molecule has 6 nitrogen and oxygen atoms in total. The fraction of sp³-hybridized carbons (Fsp3) is 0.921. The number of carbonyl (C=O) groups excluding carboxylic acids is 2. The molecule has 6 heteroatoms. The van der Waals surface area contributed by atoms with Gasteiger partial charge in [0.05, 0.1) is 17.6 Å². The summed E-state index contributed by atoms with van der Waals surface area (Å²) in [6, 6.07) is 0. The lowest BCUT2D eigenvalue weighted by Crippen LogP contribution is -2.30. The van der Waals surface area contributed by atoms with Gasteiger partial charge in [0.25, 0.3) is 0 Å². The van der Waals surface area contributed by atoms with E-state index in [1.54, 1.807) is 0 Å². The molecule has 0 aromatic carbocycles. The molecular formula is C38H74O6. The summed E-state index contributed by atoms with van der Waals surface area (Å²) in [5, 5.41) is 9.78. The number of carboxylic acid groups (broad SMARTS) is 1. The number of ether oxygens (including phenoxy) is 2. The van der Waals surface area contributed by atoms with Crippen molar-refractivity contribution in [1.29, 1.82) is 0 Å². The first kappa shape index (κ1) is 44.5. The van der Waals surface area contributed by atoms with Crippen LogP contribution in [-0.4, -0.2) is 35.2 Å². The highest BCUT2D eigenvalue weighted by Gasteiger charge is 2.35. The Labute approximate surface area is 273 Å². The van der Waals surface area contributed by atoms with E-state index in [1.807, 2.05) is 27.7 Å². The SMILES string of the molecule is CC(C)OC(=O)CCCCC(=O)OC(C)C.CCCCCCCCCCCCCCCCC(CC)(CCCCCC)C(=O)O. The van der Waals surface area contributed by atoms with E-state index in [9.17, 15) is 19.5 Å². The normalized spacial score (nSPS) is 12.5. The Morgan fingerprint density at radius 1 is 0.500 bits per heavy atom. The van der Waals surface area contributed by atoms with Crippen molar-refractivity contribution in [2.75, 3.05) is 0 Å². The lowest BCUT2D eigenvalue weighted by atomic mass is 9.76. The van der Waals surface area contributed by atoms with Crippen molar-refractivity contribution in [1.82, 2.24) is 0 Å². The third-order valence-corrected chi connectivity index (χ3v) is 8.39. The molecule has 1 unspecified atom stereocenters. The molecule has 1 N–H and O–H groups in total. The molecule has 0 aliphatic rings. The van der Waals surface area contributed by atoms with Gasteiger partial charge in [0.1, 0.15) is 0 Å². The van der Waals surface area contributed by atoms with Crippen LogP contribution in [0.15, 0.2) is 0 Å². The van der Waals surface area contributed by atoms with Crippen molar-refractivity contribution >= 4 is 17.9 Å². The largest absolute Gasteiger partial charge is 0.481 e. The standard InChI is InChI=1S/C26H52O2.C12H22O4/c1-4-7-9-11-12-13-14-15-16-17-18-19-20-22-24-26(6-3,25(27)28)23-21-10-8-5-2;1-9(2)15-11(13)7-5-6-8-12(14)16-10(3)4/h4-24H2,1-3H3,(H,27,28);9-10H,5-8H2,1-4H3. The van der Waals surface area contributed by atoms with Crippen molar-refractivity contribution in [3.63, 3.8) is 0 Å². The monoisotopic (exact) mass is 627 g/mol. The van der Waals surface area contributed by atoms with E-state index in [0.717, 1.165) is 32.1 Å². The molecule has 1 atom stereocenters. The molecule has 0 bridgehead atoms. The van der Waals surface area contributed by atoms with Gasteiger partial charge in [-0.15, -0.1) is 0 Å². The Balaban J connectivity index is 0. The Kier molecular flexibility index (Phi) is 31.8. The second-order valence-electron chi connectivity index (χ2n) is 13.4. The summed E-state index contributed by atoms with van der Waals surface area (Å²) in [6.07, 6.45) is 28.1. The molecular weight excluding hydrogens is 552 g/mol. The maximum atomic E-state index is 11.9. The van der Waals surface area contributed by atoms with E-state index in [4.69, 9.17) is 9.47 Å². The van der Waals surface area contributed by atoms with Gasteiger partial charge in [-0.05, 0) is 59.8 Å². The van der Waals surface area contributed by atoms with Crippen molar-refractivity contribution in [2.45, 2.75) is 221 Å². The minimum Gasteiger partial charge on any atom is -0.481 e. The van der Waals surface area contributed by atoms with E-state index in [1.165, 1.54) is 103 Å². The molecule has 0 radical (unpaired) electrons. The highest BCUT2D eigenvalue weighted by Crippen LogP contribution is 2.35. The summed E-state index contributed by atoms with van der Waals surface area (Å²) < 4.78 is 9.93. The molecule has 0 amide bonds. The van der Waals surface area contributed by atoms with Gasteiger partial charge in [-0.3, -0.25) is 14.4 Å². The van der Waals surface area contributed by atoms with Gasteiger partial charge in [-0.2, -0.15) is 0 Å². The van der Waals surface area contributed by atoms with Gasteiger partial charge in [0.15, 0.2) is 0 Å². The lowest BCUT2D eigenvalue weighted by Gasteiger charge is -2.28. The van der Waals surface area contributed by atoms with Crippen LogP contribution >= 0.6 is 0 Å². The van der Waals surface area contributed by atoms with Crippen LogP contribution in [0.4, 0.5) is 0 Å². The topological polar surface area (TPSA) is 89.9 Å². The van der Waals surface area contributed by atoms with E-state index in [0.29, 0.717) is 25.7 Å². The van der Waals surface area contributed by atoms with E-state index < -0.39 is 11.4 Å². The summed E-state index contributed by atoms with van der Waals surface area (Å²) >= 11 is 0. The van der Waals surface area contributed by atoms with Crippen LogP contribution in [0.3, 0.4) is 0 Å². The Morgan fingerprint density at radius 3 is 1.07 bits per heavy atom. The zero-order valence-electron chi connectivity index (χ0n) is 30.3. The Morgan fingerprint density at radius 2 is 0.795 bits per heavy atom. The Bertz CT molecular complexity index is 650. The van der Waals surface area contributed by atoms with E-state index in [2.05, 4.69) is 20.8 Å². The van der Waals surface area contributed by atoms with Crippen LogP contribution in [0.2, 0.25) is 0 Å². The van der Waals surface area contributed by atoms with Gasteiger partial charge in [-0.1, -0.05) is 136 Å². The quantitative estimate of drug-likeness (QED) is 0.0656. The number of hydrogen-bond acceptors (Lipinski definition) is 5. The van der Waals surface area contributed by atoms with Gasteiger partial charge < -0.3 is 14.6 Å². The first-order valence-corrected chi connectivity index (χ1v) is 18.7. The van der Waals surface area contributed by atoms with Crippen LogP contribution < -0.4 is 0 Å². The zero-order valence-corrected chi connectivity index (χ0v) is 30.3. The van der Waals surface area contributed by atoms with Crippen molar-refractivity contribution in [2.24, 2.45) is 5.41 Å². The number of aliphatic carboxylic acids is 1. The number of carboxylic acids is 1. The lowest BCUT2D eigenvalue weighted by molar-refractivity contribution is -0.150. The number of unbranched alkanes of at least 4 members (excludes halogenated alkanes) is 17. The minimum absolute atomic E-state index is 0.0709. The number of rotatable bonds is 29. The average Bonchev–Trinajstić information content (AvgIpc) is 2.96. The molecule has 0 fully saturated rings. The maximum Gasteiger partial charge on any atom is 0.309 e. The molecule has 44 heavy (non-hydrogen) atoms. The smallest absolute Gasteiger partial charge is 0.309 e. The minimum atomic E-state index is -0.554. The summed E-state index contributed by atoms with van der Waals surface area (Å²) in [5.41, 5.74) is -0.454. The fourth-order valence-corrected chi connectivity index (χ4v) is 5.57. The van der Waals surface area contributed by atoms with E-state index in [-0.39, 0.29) is 24.1 Å². The second-order valence-corrected chi connectivity index (χ2v) is 13.4. The molecule has 0 aromatic heterocycles.